The van der Waals surface area contributed by atoms with Crippen LogP contribution in [0.1, 0.15) is 48.0 Å². The molecular weight excluding hydrogens is 148 g/mol. The monoisotopic (exact) mass is 170 g/mol. The van der Waals surface area contributed by atoms with Gasteiger partial charge in [-0.15, -0.1) is 0 Å². The van der Waals surface area contributed by atoms with Gasteiger partial charge in [-0.25, -0.2) is 0 Å². The van der Waals surface area contributed by atoms with Crippen LogP contribution in [-0.4, -0.2) is 22.8 Å². The summed E-state index contributed by atoms with van der Waals surface area (Å²) in [4.78, 5) is 0. The maximum Gasteiger partial charge on any atom is 0.0417 e. The molecule has 12 heavy (non-hydrogen) atoms. The summed E-state index contributed by atoms with van der Waals surface area (Å²) in [7, 11) is 0. The first kappa shape index (κ1) is 11.5. The average Bonchev–Trinajstić information content (AvgIpc) is 1.98. The lowest BCUT2D eigenvalue weighted by Crippen LogP contribution is -2.32. The molecule has 0 aromatic rings. The highest BCUT2D eigenvalue weighted by Gasteiger charge is 2.09. The van der Waals surface area contributed by atoms with Gasteiger partial charge in [-0.2, -0.15) is 5.10 Å². The Balaban J connectivity index is 4.32. The van der Waals surface area contributed by atoms with Crippen LogP contribution in [0.15, 0.2) is 5.10 Å². The molecule has 0 heterocycles. The van der Waals surface area contributed by atoms with Crippen molar-refractivity contribution in [2.75, 3.05) is 0 Å². The molecule has 0 fully saturated rings. The molecule has 0 aromatic heterocycles. The molecule has 2 heteroatoms. The molecule has 0 amide bonds. The topological polar surface area (TPSA) is 15.6 Å². The molecule has 0 N–H and O–H groups in total. The zero-order chi connectivity index (χ0) is 9.72. The molecule has 0 spiro atoms. The minimum Gasteiger partial charge on any atom is -0.292 e. The van der Waals surface area contributed by atoms with Crippen LogP contribution in [-0.2, 0) is 0 Å². The third-order valence-corrected chi connectivity index (χ3v) is 1.86. The lowest BCUT2D eigenvalue weighted by atomic mass is 10.3. The van der Waals surface area contributed by atoms with Crippen LogP contribution in [0.4, 0.5) is 0 Å². The van der Waals surface area contributed by atoms with E-state index in [-0.39, 0.29) is 0 Å². The summed E-state index contributed by atoms with van der Waals surface area (Å²) in [5.74, 6) is 0. The number of hydrazone groups is 1. The average molecular weight is 170 g/mol. The van der Waals surface area contributed by atoms with Crippen molar-refractivity contribution in [2.45, 2.75) is 60.0 Å². The van der Waals surface area contributed by atoms with E-state index in [1.54, 1.807) is 0 Å². The molecule has 0 unspecified atom stereocenters. The molecule has 0 aliphatic rings. The molecule has 0 aliphatic heterocycles. The van der Waals surface area contributed by atoms with Gasteiger partial charge in [-0.1, -0.05) is 6.92 Å². The molecule has 0 aromatic carbocycles. The summed E-state index contributed by atoms with van der Waals surface area (Å²) in [6.07, 6.45) is 1.04. The van der Waals surface area contributed by atoms with Gasteiger partial charge in [0.2, 0.25) is 0 Å². The molecule has 72 valence electrons. The lowest BCUT2D eigenvalue weighted by Gasteiger charge is -2.28. The predicted octanol–water partition coefficient (Wildman–Crippen LogP) is 2.89. The Labute approximate surface area is 76.6 Å². The van der Waals surface area contributed by atoms with Crippen LogP contribution in [0.25, 0.3) is 0 Å². The minimum absolute atomic E-state index is 0.492. The van der Waals surface area contributed by atoms with Gasteiger partial charge in [0.05, 0.1) is 0 Å². The Bertz CT molecular complexity index is 140. The van der Waals surface area contributed by atoms with Gasteiger partial charge >= 0.3 is 0 Å². The molecule has 2 nitrogen and oxygen atoms in total. The first-order valence-electron chi connectivity index (χ1n) is 4.81. The van der Waals surface area contributed by atoms with Crippen molar-refractivity contribution in [1.82, 2.24) is 5.01 Å². The van der Waals surface area contributed by atoms with Crippen molar-refractivity contribution in [3.8, 4) is 0 Å². The van der Waals surface area contributed by atoms with Crippen molar-refractivity contribution >= 4 is 5.71 Å². The zero-order valence-electron chi connectivity index (χ0n) is 9.26. The summed E-state index contributed by atoms with van der Waals surface area (Å²) in [6, 6.07) is 0.984. The predicted molar refractivity (Wildman–Crippen MR) is 55.5 cm³/mol. The molecule has 0 saturated heterocycles. The maximum atomic E-state index is 4.54. The minimum atomic E-state index is 0.492. The Morgan fingerprint density at radius 2 is 1.58 bits per heavy atom. The summed E-state index contributed by atoms with van der Waals surface area (Å²) in [5.41, 5.74) is 1.21. The van der Waals surface area contributed by atoms with Gasteiger partial charge in [0.1, 0.15) is 0 Å². The third-order valence-electron chi connectivity index (χ3n) is 1.86. The molecule has 0 saturated carbocycles. The SMILES string of the molecule is CC/C(C)=N/N(C(C)C)C(C)C. The maximum absolute atomic E-state index is 4.54. The van der Waals surface area contributed by atoms with Gasteiger partial charge in [0.15, 0.2) is 0 Å². The number of nitrogens with zero attached hydrogens (tertiary/aromatic N) is 2. The van der Waals surface area contributed by atoms with E-state index in [1.807, 2.05) is 0 Å². The molecule has 0 bridgehead atoms. The van der Waals surface area contributed by atoms with Gasteiger partial charge in [0.25, 0.3) is 0 Å². The summed E-state index contributed by atoms with van der Waals surface area (Å²) < 4.78 is 0. The van der Waals surface area contributed by atoms with Gasteiger partial charge < -0.3 is 0 Å². The van der Waals surface area contributed by atoms with Crippen LogP contribution in [0.5, 0.6) is 0 Å². The quantitative estimate of drug-likeness (QED) is 0.468. The fourth-order valence-electron chi connectivity index (χ4n) is 1.10. The summed E-state index contributed by atoms with van der Waals surface area (Å²) >= 11 is 0. The van der Waals surface area contributed by atoms with Gasteiger partial charge in [-0.3, -0.25) is 5.01 Å². The molecule has 0 radical (unpaired) electrons. The van der Waals surface area contributed by atoms with Crippen LogP contribution < -0.4 is 0 Å². The van der Waals surface area contributed by atoms with E-state index < -0.39 is 0 Å². The Hall–Kier alpha value is -0.530. The van der Waals surface area contributed by atoms with E-state index in [0.717, 1.165) is 6.42 Å². The molecular formula is C10H22N2. The normalized spacial score (nSPS) is 12.8. The fourth-order valence-corrected chi connectivity index (χ4v) is 1.10. The third kappa shape index (κ3) is 3.74. The van der Waals surface area contributed by atoms with Crippen molar-refractivity contribution in [1.29, 1.82) is 0 Å². The number of hydrogen-bond donors (Lipinski definition) is 0. The number of hydrogen-bond acceptors (Lipinski definition) is 2. The van der Waals surface area contributed by atoms with Crippen LogP contribution in [0, 0.1) is 0 Å². The van der Waals surface area contributed by atoms with Gasteiger partial charge in [-0.05, 0) is 41.0 Å². The van der Waals surface area contributed by atoms with E-state index in [2.05, 4.69) is 51.7 Å². The largest absolute Gasteiger partial charge is 0.292 e. The second kappa shape index (κ2) is 5.18. The summed E-state index contributed by atoms with van der Waals surface area (Å²) in [5, 5.41) is 6.70. The van der Waals surface area contributed by atoms with E-state index in [1.165, 1.54) is 5.71 Å². The smallest absolute Gasteiger partial charge is 0.0417 e. The van der Waals surface area contributed by atoms with Crippen molar-refractivity contribution in [2.24, 2.45) is 5.10 Å². The molecule has 0 atom stereocenters. The first-order valence-corrected chi connectivity index (χ1v) is 4.81. The van der Waals surface area contributed by atoms with Gasteiger partial charge in [0, 0.05) is 17.8 Å². The highest BCUT2D eigenvalue weighted by atomic mass is 15.5. The van der Waals surface area contributed by atoms with Crippen LogP contribution in [0.3, 0.4) is 0 Å². The van der Waals surface area contributed by atoms with E-state index in [9.17, 15) is 0 Å². The zero-order valence-corrected chi connectivity index (χ0v) is 9.26. The first-order chi connectivity index (χ1) is 5.49. The van der Waals surface area contributed by atoms with Crippen molar-refractivity contribution in [3.05, 3.63) is 0 Å². The van der Waals surface area contributed by atoms with Crippen molar-refractivity contribution < 1.29 is 0 Å². The van der Waals surface area contributed by atoms with E-state index >= 15 is 0 Å². The van der Waals surface area contributed by atoms with E-state index in [4.69, 9.17) is 0 Å². The van der Waals surface area contributed by atoms with E-state index in [0.29, 0.717) is 12.1 Å². The highest BCUT2D eigenvalue weighted by Crippen LogP contribution is 2.06. The molecule has 0 rings (SSSR count). The van der Waals surface area contributed by atoms with Crippen LogP contribution in [0.2, 0.25) is 0 Å². The standard InChI is InChI=1S/C10H22N2/c1-7-10(6)11-12(8(2)3)9(4)5/h8-9H,7H2,1-6H3/b11-10+. The lowest BCUT2D eigenvalue weighted by molar-refractivity contribution is 0.183. The summed E-state index contributed by atoms with van der Waals surface area (Å²) in [6.45, 7) is 12.9. The van der Waals surface area contributed by atoms with Crippen molar-refractivity contribution in [3.63, 3.8) is 0 Å². The molecule has 0 aliphatic carbocycles. The number of rotatable bonds is 4. The Kier molecular flexibility index (Phi) is 4.95. The second-order valence-electron chi connectivity index (χ2n) is 3.76. The Morgan fingerprint density at radius 1 is 1.17 bits per heavy atom. The Morgan fingerprint density at radius 3 is 1.83 bits per heavy atom. The second-order valence-corrected chi connectivity index (χ2v) is 3.76. The van der Waals surface area contributed by atoms with Crippen LogP contribution >= 0.6 is 0 Å². The highest BCUT2D eigenvalue weighted by molar-refractivity contribution is 5.81. The fraction of sp³-hybridized carbons (Fsp3) is 0.900.